The SMILES string of the molecule is O=C(NCCCc1ccccc1)c1nn(Cc2ccncc2)c2c1CN(Cc1ccccc1)CC2. The van der Waals surface area contributed by atoms with Crippen LogP contribution in [0.2, 0.25) is 0 Å². The minimum Gasteiger partial charge on any atom is -0.351 e. The fourth-order valence-corrected chi connectivity index (χ4v) is 4.72. The summed E-state index contributed by atoms with van der Waals surface area (Å²) in [5.74, 6) is -0.0793. The Morgan fingerprint density at radius 2 is 1.54 bits per heavy atom. The number of pyridine rings is 1. The van der Waals surface area contributed by atoms with Crippen molar-refractivity contribution in [2.45, 2.75) is 38.9 Å². The van der Waals surface area contributed by atoms with Crippen LogP contribution >= 0.6 is 0 Å². The Hall–Kier alpha value is -3.77. The first-order chi connectivity index (χ1) is 17.3. The molecule has 0 bridgehead atoms. The van der Waals surface area contributed by atoms with E-state index in [9.17, 15) is 4.79 Å². The van der Waals surface area contributed by atoms with Crippen LogP contribution in [-0.4, -0.2) is 38.7 Å². The third-order valence-electron chi connectivity index (χ3n) is 6.53. The van der Waals surface area contributed by atoms with Crippen molar-refractivity contribution in [2.24, 2.45) is 0 Å². The maximum Gasteiger partial charge on any atom is 0.272 e. The molecule has 4 aromatic rings. The minimum atomic E-state index is -0.0793. The Morgan fingerprint density at radius 3 is 2.29 bits per heavy atom. The number of carbonyl (C=O) groups excluding carboxylic acids is 1. The molecule has 0 aliphatic carbocycles. The third kappa shape index (κ3) is 5.84. The van der Waals surface area contributed by atoms with Gasteiger partial charge in [-0.05, 0) is 41.7 Å². The van der Waals surface area contributed by atoms with E-state index < -0.39 is 0 Å². The molecule has 6 nitrogen and oxygen atoms in total. The number of rotatable bonds is 9. The highest BCUT2D eigenvalue weighted by Crippen LogP contribution is 2.25. The van der Waals surface area contributed by atoms with E-state index in [1.165, 1.54) is 16.8 Å². The number of aryl methyl sites for hydroxylation is 1. The summed E-state index contributed by atoms with van der Waals surface area (Å²) in [5.41, 5.74) is 6.49. The molecule has 1 aliphatic heterocycles. The molecular formula is C29H31N5O. The molecule has 0 atom stereocenters. The zero-order chi connectivity index (χ0) is 23.9. The minimum absolute atomic E-state index is 0.0793. The summed E-state index contributed by atoms with van der Waals surface area (Å²) >= 11 is 0. The van der Waals surface area contributed by atoms with Crippen molar-refractivity contribution in [2.75, 3.05) is 13.1 Å². The van der Waals surface area contributed by atoms with Gasteiger partial charge in [-0.3, -0.25) is 19.4 Å². The van der Waals surface area contributed by atoms with Gasteiger partial charge in [-0.1, -0.05) is 60.7 Å². The van der Waals surface area contributed by atoms with Gasteiger partial charge in [-0.25, -0.2) is 0 Å². The molecule has 178 valence electrons. The summed E-state index contributed by atoms with van der Waals surface area (Å²) in [7, 11) is 0. The fourth-order valence-electron chi connectivity index (χ4n) is 4.72. The van der Waals surface area contributed by atoms with Crippen LogP contribution in [-0.2, 0) is 32.5 Å². The molecule has 0 saturated heterocycles. The summed E-state index contributed by atoms with van der Waals surface area (Å²) < 4.78 is 2.02. The normalized spacial score (nSPS) is 13.4. The lowest BCUT2D eigenvalue weighted by Crippen LogP contribution is -2.32. The van der Waals surface area contributed by atoms with Gasteiger partial charge in [0.05, 0.1) is 6.54 Å². The van der Waals surface area contributed by atoms with E-state index in [4.69, 9.17) is 5.10 Å². The van der Waals surface area contributed by atoms with Gasteiger partial charge < -0.3 is 5.32 Å². The average molecular weight is 466 g/mol. The van der Waals surface area contributed by atoms with Gasteiger partial charge in [0.2, 0.25) is 0 Å². The van der Waals surface area contributed by atoms with Gasteiger partial charge in [-0.15, -0.1) is 0 Å². The van der Waals surface area contributed by atoms with Crippen molar-refractivity contribution >= 4 is 5.91 Å². The highest BCUT2D eigenvalue weighted by Gasteiger charge is 2.28. The van der Waals surface area contributed by atoms with Gasteiger partial charge in [0.15, 0.2) is 5.69 Å². The largest absolute Gasteiger partial charge is 0.351 e. The fraction of sp³-hybridized carbons (Fsp3) is 0.276. The van der Waals surface area contributed by atoms with Crippen molar-refractivity contribution in [1.82, 2.24) is 25.0 Å². The van der Waals surface area contributed by atoms with Crippen molar-refractivity contribution in [3.63, 3.8) is 0 Å². The van der Waals surface area contributed by atoms with Crippen LogP contribution in [0.5, 0.6) is 0 Å². The van der Waals surface area contributed by atoms with E-state index in [1.807, 2.05) is 28.9 Å². The first-order valence-corrected chi connectivity index (χ1v) is 12.3. The summed E-state index contributed by atoms with van der Waals surface area (Å²) in [4.78, 5) is 19.8. The molecule has 2 aromatic carbocycles. The number of aromatic nitrogens is 3. The number of nitrogens with zero attached hydrogens (tertiary/aromatic N) is 4. The van der Waals surface area contributed by atoms with Crippen LogP contribution in [0.4, 0.5) is 0 Å². The number of amides is 1. The maximum atomic E-state index is 13.2. The lowest BCUT2D eigenvalue weighted by molar-refractivity contribution is 0.0945. The van der Waals surface area contributed by atoms with Gasteiger partial charge >= 0.3 is 0 Å². The van der Waals surface area contributed by atoms with E-state index in [-0.39, 0.29) is 5.91 Å². The molecule has 6 heteroatoms. The van der Waals surface area contributed by atoms with Crippen LogP contribution in [0.25, 0.3) is 0 Å². The Morgan fingerprint density at radius 1 is 0.857 bits per heavy atom. The van der Waals surface area contributed by atoms with Crippen molar-refractivity contribution < 1.29 is 4.79 Å². The Kier molecular flexibility index (Phi) is 7.29. The second-order valence-electron chi connectivity index (χ2n) is 9.08. The van der Waals surface area contributed by atoms with Gasteiger partial charge in [-0.2, -0.15) is 5.10 Å². The average Bonchev–Trinajstić information content (AvgIpc) is 3.26. The Balaban J connectivity index is 1.31. The van der Waals surface area contributed by atoms with Gasteiger partial charge in [0.25, 0.3) is 5.91 Å². The molecule has 3 heterocycles. The molecule has 2 aromatic heterocycles. The summed E-state index contributed by atoms with van der Waals surface area (Å²) in [5, 5.41) is 7.94. The molecule has 1 amide bonds. The molecule has 5 rings (SSSR count). The van der Waals surface area contributed by atoms with Crippen LogP contribution in [0.1, 0.15) is 44.9 Å². The second kappa shape index (κ2) is 11.1. The third-order valence-corrected chi connectivity index (χ3v) is 6.53. The zero-order valence-corrected chi connectivity index (χ0v) is 19.9. The highest BCUT2D eigenvalue weighted by molar-refractivity contribution is 5.94. The van der Waals surface area contributed by atoms with E-state index in [1.54, 1.807) is 12.4 Å². The van der Waals surface area contributed by atoms with Crippen LogP contribution in [0.15, 0.2) is 85.2 Å². The molecule has 0 radical (unpaired) electrons. The number of benzene rings is 2. The molecule has 0 saturated carbocycles. The van der Waals surface area contributed by atoms with Gasteiger partial charge in [0, 0.05) is 56.3 Å². The molecule has 0 spiro atoms. The lowest BCUT2D eigenvalue weighted by atomic mass is 10.0. The maximum absolute atomic E-state index is 13.2. The molecule has 0 unspecified atom stereocenters. The van der Waals surface area contributed by atoms with Crippen molar-refractivity contribution in [3.05, 3.63) is 119 Å². The smallest absolute Gasteiger partial charge is 0.272 e. The van der Waals surface area contributed by atoms with Crippen LogP contribution < -0.4 is 5.32 Å². The number of hydrogen-bond donors (Lipinski definition) is 1. The molecule has 1 aliphatic rings. The predicted octanol–water partition coefficient (Wildman–Crippen LogP) is 4.25. The molecule has 0 fully saturated rings. The second-order valence-corrected chi connectivity index (χ2v) is 9.08. The van der Waals surface area contributed by atoms with E-state index in [2.05, 4.69) is 63.7 Å². The quantitative estimate of drug-likeness (QED) is 0.376. The lowest BCUT2D eigenvalue weighted by Gasteiger charge is -2.27. The van der Waals surface area contributed by atoms with Crippen LogP contribution in [0, 0.1) is 0 Å². The molecular weight excluding hydrogens is 434 g/mol. The van der Waals surface area contributed by atoms with E-state index in [0.717, 1.165) is 50.0 Å². The van der Waals surface area contributed by atoms with E-state index in [0.29, 0.717) is 18.8 Å². The Labute approximate surface area is 206 Å². The number of hydrogen-bond acceptors (Lipinski definition) is 4. The topological polar surface area (TPSA) is 63.1 Å². The number of carbonyl (C=O) groups is 1. The number of fused-ring (bicyclic) bond motifs is 1. The van der Waals surface area contributed by atoms with Crippen molar-refractivity contribution in [3.8, 4) is 0 Å². The zero-order valence-electron chi connectivity index (χ0n) is 19.9. The highest BCUT2D eigenvalue weighted by atomic mass is 16.1. The Bertz CT molecular complexity index is 1240. The van der Waals surface area contributed by atoms with Crippen LogP contribution in [0.3, 0.4) is 0 Å². The standard InChI is InChI=1S/C29H31N5O/c35-29(31-16-7-12-23-8-3-1-4-9-23)28-26-22-33(20-24-10-5-2-6-11-24)19-15-27(26)34(32-28)21-25-13-17-30-18-14-25/h1-6,8-11,13-14,17-18H,7,12,15-16,19-22H2,(H,31,35). The van der Waals surface area contributed by atoms with E-state index >= 15 is 0 Å². The summed E-state index contributed by atoms with van der Waals surface area (Å²) in [6, 6.07) is 24.9. The number of nitrogens with one attached hydrogen (secondary N) is 1. The first kappa shape index (κ1) is 23.0. The van der Waals surface area contributed by atoms with Gasteiger partial charge in [0.1, 0.15) is 0 Å². The van der Waals surface area contributed by atoms with Crippen molar-refractivity contribution in [1.29, 1.82) is 0 Å². The molecule has 35 heavy (non-hydrogen) atoms. The summed E-state index contributed by atoms with van der Waals surface area (Å²) in [6.45, 7) is 3.82. The molecule has 1 N–H and O–H groups in total. The predicted molar refractivity (Wildman–Crippen MR) is 137 cm³/mol. The summed E-state index contributed by atoms with van der Waals surface area (Å²) in [6.07, 6.45) is 6.32. The monoisotopic (exact) mass is 465 g/mol. The first-order valence-electron chi connectivity index (χ1n) is 12.3.